The molecule has 0 radical (unpaired) electrons. The van der Waals surface area contributed by atoms with Crippen LogP contribution < -0.4 is 0 Å². The van der Waals surface area contributed by atoms with Crippen LogP contribution in [0.2, 0.25) is 0 Å². The first-order valence-corrected chi connectivity index (χ1v) is 8.01. The van der Waals surface area contributed by atoms with Crippen LogP contribution >= 0.6 is 0 Å². The van der Waals surface area contributed by atoms with Gasteiger partial charge < -0.3 is 9.52 Å². The Morgan fingerprint density at radius 1 is 1.14 bits per heavy atom. The average molecular weight is 286 g/mol. The van der Waals surface area contributed by atoms with Gasteiger partial charge in [-0.25, -0.2) is 0 Å². The summed E-state index contributed by atoms with van der Waals surface area (Å²) in [4.78, 5) is 0. The first kappa shape index (κ1) is 14.6. The Bertz CT molecular complexity index is 637. The smallest absolute Gasteiger partial charge is 0.136 e. The molecule has 0 aliphatic heterocycles. The Hall–Kier alpha value is -1.28. The van der Waals surface area contributed by atoms with Gasteiger partial charge in [0.2, 0.25) is 0 Å². The number of benzene rings is 1. The highest BCUT2D eigenvalue weighted by atomic mass is 16.4. The van der Waals surface area contributed by atoms with E-state index in [-0.39, 0.29) is 0 Å². The van der Waals surface area contributed by atoms with Crippen molar-refractivity contribution in [2.24, 2.45) is 11.3 Å². The molecule has 2 nitrogen and oxygen atoms in total. The molecule has 1 aliphatic rings. The number of hydrogen-bond acceptors (Lipinski definition) is 2. The molecule has 0 bridgehead atoms. The van der Waals surface area contributed by atoms with Crippen LogP contribution in [-0.4, -0.2) is 5.11 Å². The summed E-state index contributed by atoms with van der Waals surface area (Å²) in [5.41, 5.74) is 1.64. The van der Waals surface area contributed by atoms with Gasteiger partial charge in [-0.15, -0.1) is 0 Å². The van der Waals surface area contributed by atoms with Gasteiger partial charge in [0.25, 0.3) is 0 Å². The minimum absolute atomic E-state index is 0.326. The van der Waals surface area contributed by atoms with Crippen molar-refractivity contribution >= 4 is 11.0 Å². The summed E-state index contributed by atoms with van der Waals surface area (Å²) in [7, 11) is 0. The third-order valence-corrected chi connectivity index (χ3v) is 5.17. The highest BCUT2D eigenvalue weighted by molar-refractivity contribution is 5.78. The van der Waals surface area contributed by atoms with Gasteiger partial charge in [-0.3, -0.25) is 0 Å². The molecule has 114 valence electrons. The Labute approximate surface area is 127 Å². The Morgan fingerprint density at radius 3 is 2.43 bits per heavy atom. The molecule has 3 rings (SSSR count). The van der Waals surface area contributed by atoms with Crippen molar-refractivity contribution in [3.05, 3.63) is 35.6 Å². The molecule has 0 spiro atoms. The molecule has 1 aromatic heterocycles. The number of aryl methyl sites for hydroxylation is 1. The third-order valence-electron chi connectivity index (χ3n) is 5.17. The fraction of sp³-hybridized carbons (Fsp3) is 0.579. The first-order chi connectivity index (χ1) is 9.78. The zero-order chi connectivity index (χ0) is 15.3. The zero-order valence-corrected chi connectivity index (χ0v) is 13.6. The lowest BCUT2D eigenvalue weighted by molar-refractivity contribution is -0.0444. The van der Waals surface area contributed by atoms with Gasteiger partial charge in [0.05, 0.1) is 0 Å². The topological polar surface area (TPSA) is 33.4 Å². The van der Waals surface area contributed by atoms with E-state index in [4.69, 9.17) is 4.42 Å². The minimum atomic E-state index is -0.783. The standard InChI is InChI=1S/C19H26O2/c1-13-5-6-16-14(11-13)12-17(21-16)19(20)9-7-15(8-10-19)18(2,3)4/h5-6,11-12,15,20H,7-10H2,1-4H3. The van der Waals surface area contributed by atoms with Gasteiger partial charge in [-0.2, -0.15) is 0 Å². The van der Waals surface area contributed by atoms with Gasteiger partial charge in [-0.05, 0) is 62.1 Å². The molecule has 1 heterocycles. The lowest BCUT2D eigenvalue weighted by atomic mass is 9.68. The maximum Gasteiger partial charge on any atom is 0.136 e. The highest BCUT2D eigenvalue weighted by Crippen LogP contribution is 2.46. The van der Waals surface area contributed by atoms with Crippen molar-refractivity contribution in [3.63, 3.8) is 0 Å². The number of aliphatic hydroxyl groups is 1. The van der Waals surface area contributed by atoms with Gasteiger partial charge in [0.15, 0.2) is 0 Å². The van der Waals surface area contributed by atoms with E-state index in [1.807, 2.05) is 12.1 Å². The van der Waals surface area contributed by atoms with Crippen molar-refractivity contribution in [1.82, 2.24) is 0 Å². The van der Waals surface area contributed by atoms with Gasteiger partial charge in [0, 0.05) is 5.39 Å². The van der Waals surface area contributed by atoms with Crippen molar-refractivity contribution < 1.29 is 9.52 Å². The molecule has 0 saturated heterocycles. The maximum atomic E-state index is 11.0. The molecule has 1 fully saturated rings. The quantitative estimate of drug-likeness (QED) is 0.785. The predicted octanol–water partition coefficient (Wildman–Crippen LogP) is 5.17. The normalized spacial score (nSPS) is 27.2. The van der Waals surface area contributed by atoms with E-state index in [2.05, 4.69) is 39.8 Å². The summed E-state index contributed by atoms with van der Waals surface area (Å²) in [5.74, 6) is 1.43. The van der Waals surface area contributed by atoms with Gasteiger partial charge >= 0.3 is 0 Å². The third kappa shape index (κ3) is 2.74. The second-order valence-corrected chi connectivity index (χ2v) is 7.82. The van der Waals surface area contributed by atoms with Gasteiger partial charge in [0.1, 0.15) is 16.9 Å². The van der Waals surface area contributed by atoms with Crippen LogP contribution in [0.5, 0.6) is 0 Å². The lowest BCUT2D eigenvalue weighted by Gasteiger charge is -2.40. The van der Waals surface area contributed by atoms with Crippen LogP contribution in [0.1, 0.15) is 57.8 Å². The number of rotatable bonds is 1. The molecule has 1 N–H and O–H groups in total. The van der Waals surface area contributed by atoms with E-state index in [1.54, 1.807) is 0 Å². The summed E-state index contributed by atoms with van der Waals surface area (Å²) < 4.78 is 5.94. The van der Waals surface area contributed by atoms with E-state index in [9.17, 15) is 5.11 Å². The molecule has 0 atom stereocenters. The van der Waals surface area contributed by atoms with E-state index in [1.165, 1.54) is 5.56 Å². The molecule has 1 saturated carbocycles. The highest BCUT2D eigenvalue weighted by Gasteiger charge is 2.40. The SMILES string of the molecule is Cc1ccc2oc(C3(O)CCC(C(C)(C)C)CC3)cc2c1. The number of hydrogen-bond donors (Lipinski definition) is 1. The minimum Gasteiger partial charge on any atom is -0.458 e. The molecular weight excluding hydrogens is 260 g/mol. The summed E-state index contributed by atoms with van der Waals surface area (Å²) >= 11 is 0. The van der Waals surface area contributed by atoms with Gasteiger partial charge in [-0.1, -0.05) is 32.4 Å². The molecule has 0 unspecified atom stereocenters. The average Bonchev–Trinajstić information content (AvgIpc) is 2.81. The molecule has 1 aromatic carbocycles. The Balaban J connectivity index is 1.85. The fourth-order valence-electron chi connectivity index (χ4n) is 3.60. The molecule has 2 aromatic rings. The van der Waals surface area contributed by atoms with E-state index < -0.39 is 5.60 Å². The second kappa shape index (κ2) is 4.88. The van der Waals surface area contributed by atoms with Crippen LogP contribution in [0.3, 0.4) is 0 Å². The Kier molecular flexibility index (Phi) is 3.40. The maximum absolute atomic E-state index is 11.0. The molecule has 0 amide bonds. The number of furan rings is 1. The summed E-state index contributed by atoms with van der Waals surface area (Å²) in [6.45, 7) is 8.97. The largest absolute Gasteiger partial charge is 0.458 e. The van der Waals surface area contributed by atoms with Crippen LogP contribution in [0.15, 0.2) is 28.7 Å². The molecular formula is C19H26O2. The molecule has 2 heteroatoms. The van der Waals surface area contributed by atoms with Crippen LogP contribution in [-0.2, 0) is 5.60 Å². The molecule has 1 aliphatic carbocycles. The van der Waals surface area contributed by atoms with E-state index in [0.29, 0.717) is 11.3 Å². The first-order valence-electron chi connectivity index (χ1n) is 8.01. The van der Waals surface area contributed by atoms with Crippen LogP contribution in [0, 0.1) is 18.3 Å². The van der Waals surface area contributed by atoms with Crippen molar-refractivity contribution in [2.45, 2.75) is 59.0 Å². The lowest BCUT2D eigenvalue weighted by Crippen LogP contribution is -2.35. The van der Waals surface area contributed by atoms with Crippen LogP contribution in [0.4, 0.5) is 0 Å². The predicted molar refractivity (Wildman–Crippen MR) is 86.3 cm³/mol. The van der Waals surface area contributed by atoms with Crippen molar-refractivity contribution in [2.75, 3.05) is 0 Å². The van der Waals surface area contributed by atoms with Crippen molar-refractivity contribution in [1.29, 1.82) is 0 Å². The summed E-state index contributed by atoms with van der Waals surface area (Å²) in [6, 6.07) is 8.20. The summed E-state index contributed by atoms with van der Waals surface area (Å²) in [6.07, 6.45) is 3.73. The van der Waals surface area contributed by atoms with Crippen molar-refractivity contribution in [3.8, 4) is 0 Å². The fourth-order valence-corrected chi connectivity index (χ4v) is 3.60. The van der Waals surface area contributed by atoms with E-state index >= 15 is 0 Å². The monoisotopic (exact) mass is 286 g/mol. The summed E-state index contributed by atoms with van der Waals surface area (Å²) in [5, 5.41) is 12.1. The van der Waals surface area contributed by atoms with E-state index in [0.717, 1.165) is 42.4 Å². The zero-order valence-electron chi connectivity index (χ0n) is 13.6. The Morgan fingerprint density at radius 2 is 1.81 bits per heavy atom. The second-order valence-electron chi connectivity index (χ2n) is 7.82. The molecule has 21 heavy (non-hydrogen) atoms. The number of fused-ring (bicyclic) bond motifs is 1. The van der Waals surface area contributed by atoms with Crippen LogP contribution in [0.25, 0.3) is 11.0 Å².